The van der Waals surface area contributed by atoms with E-state index in [-0.39, 0.29) is 5.54 Å². The first-order valence-electron chi connectivity index (χ1n) is 8.19. The third-order valence-electron chi connectivity index (χ3n) is 6.19. The van der Waals surface area contributed by atoms with E-state index in [4.69, 9.17) is 5.73 Å². The Morgan fingerprint density at radius 1 is 1.16 bits per heavy atom. The number of hydrogen-bond acceptors (Lipinski definition) is 3. The molecule has 19 heavy (non-hydrogen) atoms. The zero-order chi connectivity index (χ0) is 13.9. The van der Waals surface area contributed by atoms with Crippen LogP contribution >= 0.6 is 11.8 Å². The topological polar surface area (TPSA) is 29.3 Å². The number of piperidine rings is 1. The van der Waals surface area contributed by atoms with Gasteiger partial charge in [0.25, 0.3) is 0 Å². The number of likely N-dealkylation sites (tertiary alicyclic amines) is 1. The number of nitrogens with two attached hydrogens (primary N) is 1. The van der Waals surface area contributed by atoms with Gasteiger partial charge in [0.1, 0.15) is 0 Å². The van der Waals surface area contributed by atoms with Crippen LogP contribution in [0.2, 0.25) is 0 Å². The number of thioether (sulfide) groups is 1. The second-order valence-corrected chi connectivity index (χ2v) is 8.07. The maximum Gasteiger partial charge on any atom is 0.0447 e. The quantitative estimate of drug-likeness (QED) is 0.857. The fraction of sp³-hybridized carbons (Fsp3) is 1.00. The Kier molecular flexibility index (Phi) is 5.24. The van der Waals surface area contributed by atoms with Gasteiger partial charge in [0, 0.05) is 17.3 Å². The van der Waals surface area contributed by atoms with E-state index >= 15 is 0 Å². The summed E-state index contributed by atoms with van der Waals surface area (Å²) < 4.78 is 0. The number of rotatable bonds is 4. The maximum absolute atomic E-state index is 6.24. The van der Waals surface area contributed by atoms with Crippen molar-refractivity contribution in [2.45, 2.75) is 70.1 Å². The normalized spacial score (nSPS) is 36.3. The van der Waals surface area contributed by atoms with Crippen molar-refractivity contribution < 1.29 is 0 Å². The predicted octanol–water partition coefficient (Wildman–Crippen LogP) is 3.50. The van der Waals surface area contributed by atoms with Crippen LogP contribution in [0.4, 0.5) is 0 Å². The van der Waals surface area contributed by atoms with Crippen molar-refractivity contribution in [3.05, 3.63) is 0 Å². The molecular formula is C16H32N2S. The highest BCUT2D eigenvalue weighted by atomic mass is 32.2. The summed E-state index contributed by atoms with van der Waals surface area (Å²) in [5.41, 5.74) is 7.15. The molecule has 112 valence electrons. The van der Waals surface area contributed by atoms with Crippen molar-refractivity contribution in [3.63, 3.8) is 0 Å². The molecule has 2 rings (SSSR count). The summed E-state index contributed by atoms with van der Waals surface area (Å²) >= 11 is 2.13. The van der Waals surface area contributed by atoms with Crippen LogP contribution in [0.3, 0.4) is 0 Å². The van der Waals surface area contributed by atoms with Gasteiger partial charge in [-0.15, -0.1) is 0 Å². The molecule has 2 N–H and O–H groups in total. The van der Waals surface area contributed by atoms with Crippen molar-refractivity contribution in [1.82, 2.24) is 4.90 Å². The molecular weight excluding hydrogens is 252 g/mol. The standard InChI is InChI=1S/C16H32N2S/c1-4-15(5-2)8-10-18(11-9-15)16(13-17)7-6-12-19-14(16)3/h14H,4-13,17H2,1-3H3. The van der Waals surface area contributed by atoms with Gasteiger partial charge in [0.05, 0.1) is 0 Å². The van der Waals surface area contributed by atoms with Crippen LogP contribution in [0, 0.1) is 5.41 Å². The summed E-state index contributed by atoms with van der Waals surface area (Å²) in [6.07, 6.45) is 8.09. The Hall–Kier alpha value is 0.270. The van der Waals surface area contributed by atoms with Crippen LogP contribution < -0.4 is 5.73 Å². The van der Waals surface area contributed by atoms with Gasteiger partial charge in [0.2, 0.25) is 0 Å². The summed E-state index contributed by atoms with van der Waals surface area (Å²) in [5, 5.41) is 0.696. The molecule has 0 aliphatic carbocycles. The Morgan fingerprint density at radius 2 is 1.79 bits per heavy atom. The largest absolute Gasteiger partial charge is 0.329 e. The smallest absolute Gasteiger partial charge is 0.0447 e. The highest BCUT2D eigenvalue weighted by Crippen LogP contribution is 2.44. The van der Waals surface area contributed by atoms with E-state index in [9.17, 15) is 0 Å². The van der Waals surface area contributed by atoms with E-state index in [0.29, 0.717) is 10.7 Å². The van der Waals surface area contributed by atoms with E-state index in [1.54, 1.807) is 0 Å². The molecule has 0 radical (unpaired) electrons. The highest BCUT2D eigenvalue weighted by Gasteiger charge is 2.45. The summed E-state index contributed by atoms with van der Waals surface area (Å²) in [6.45, 7) is 10.5. The third-order valence-corrected chi connectivity index (χ3v) is 7.65. The van der Waals surface area contributed by atoms with Gasteiger partial charge < -0.3 is 5.73 Å². The minimum absolute atomic E-state index is 0.288. The van der Waals surface area contributed by atoms with Gasteiger partial charge >= 0.3 is 0 Å². The Bertz CT molecular complexity index is 280. The number of hydrogen-bond donors (Lipinski definition) is 1. The van der Waals surface area contributed by atoms with Crippen molar-refractivity contribution in [1.29, 1.82) is 0 Å². The van der Waals surface area contributed by atoms with Gasteiger partial charge in [-0.3, -0.25) is 4.90 Å². The maximum atomic E-state index is 6.24. The Balaban J connectivity index is 2.06. The molecule has 0 bridgehead atoms. The molecule has 0 aromatic rings. The lowest BCUT2D eigenvalue weighted by Crippen LogP contribution is -2.63. The molecule has 0 saturated carbocycles. The van der Waals surface area contributed by atoms with E-state index in [2.05, 4.69) is 37.4 Å². The van der Waals surface area contributed by atoms with Gasteiger partial charge in [-0.2, -0.15) is 11.8 Å². The molecule has 3 heteroatoms. The summed E-state index contributed by atoms with van der Waals surface area (Å²) in [5.74, 6) is 1.32. The summed E-state index contributed by atoms with van der Waals surface area (Å²) in [7, 11) is 0. The van der Waals surface area contributed by atoms with Crippen LogP contribution in [0.1, 0.15) is 59.3 Å². The van der Waals surface area contributed by atoms with Gasteiger partial charge in [-0.25, -0.2) is 0 Å². The molecule has 2 atom stereocenters. The molecule has 2 unspecified atom stereocenters. The fourth-order valence-corrected chi connectivity index (χ4v) is 5.53. The van der Waals surface area contributed by atoms with E-state index in [0.717, 1.165) is 6.54 Å². The highest BCUT2D eigenvalue weighted by molar-refractivity contribution is 8.00. The van der Waals surface area contributed by atoms with Crippen molar-refractivity contribution in [3.8, 4) is 0 Å². The van der Waals surface area contributed by atoms with Crippen LogP contribution in [0.15, 0.2) is 0 Å². The zero-order valence-corrected chi connectivity index (χ0v) is 13.9. The molecule has 0 spiro atoms. The molecule has 0 amide bonds. The van der Waals surface area contributed by atoms with Crippen LogP contribution in [-0.4, -0.2) is 41.1 Å². The van der Waals surface area contributed by atoms with E-state index in [1.165, 1.54) is 57.4 Å². The molecule has 2 heterocycles. The van der Waals surface area contributed by atoms with Crippen molar-refractivity contribution in [2.75, 3.05) is 25.4 Å². The average molecular weight is 285 g/mol. The zero-order valence-electron chi connectivity index (χ0n) is 13.1. The summed E-state index contributed by atoms with van der Waals surface area (Å²) in [4.78, 5) is 2.76. The van der Waals surface area contributed by atoms with E-state index in [1.807, 2.05) is 0 Å². The lowest BCUT2D eigenvalue weighted by atomic mass is 9.72. The summed E-state index contributed by atoms with van der Waals surface area (Å²) in [6, 6.07) is 0. The lowest BCUT2D eigenvalue weighted by Gasteiger charge is -2.54. The monoisotopic (exact) mass is 284 g/mol. The molecule has 2 saturated heterocycles. The van der Waals surface area contributed by atoms with Crippen molar-refractivity contribution in [2.24, 2.45) is 11.1 Å². The first kappa shape index (κ1) is 15.7. The number of nitrogens with zero attached hydrogens (tertiary/aromatic N) is 1. The Labute approximate surface area is 123 Å². The van der Waals surface area contributed by atoms with Gasteiger partial charge in [-0.1, -0.05) is 33.6 Å². The van der Waals surface area contributed by atoms with Gasteiger partial charge in [-0.05, 0) is 49.9 Å². The van der Waals surface area contributed by atoms with Crippen LogP contribution in [-0.2, 0) is 0 Å². The first-order chi connectivity index (χ1) is 9.12. The Morgan fingerprint density at radius 3 is 2.26 bits per heavy atom. The van der Waals surface area contributed by atoms with E-state index < -0.39 is 0 Å². The molecule has 0 aromatic heterocycles. The van der Waals surface area contributed by atoms with Gasteiger partial charge in [0.15, 0.2) is 0 Å². The lowest BCUT2D eigenvalue weighted by molar-refractivity contribution is 0.0102. The molecule has 0 aromatic carbocycles. The second-order valence-electron chi connectivity index (χ2n) is 6.62. The first-order valence-corrected chi connectivity index (χ1v) is 9.24. The second kappa shape index (κ2) is 6.36. The SMILES string of the molecule is CCC1(CC)CCN(C2(CN)CCCSC2C)CC1. The minimum Gasteiger partial charge on any atom is -0.329 e. The van der Waals surface area contributed by atoms with Crippen LogP contribution in [0.5, 0.6) is 0 Å². The minimum atomic E-state index is 0.288. The van der Waals surface area contributed by atoms with Crippen molar-refractivity contribution >= 4 is 11.8 Å². The molecule has 2 aliphatic rings. The fourth-order valence-electron chi connectivity index (χ4n) is 4.19. The average Bonchev–Trinajstić information content (AvgIpc) is 2.48. The third kappa shape index (κ3) is 2.84. The molecule has 2 aliphatic heterocycles. The molecule has 2 nitrogen and oxygen atoms in total. The molecule has 2 fully saturated rings. The predicted molar refractivity (Wildman–Crippen MR) is 86.8 cm³/mol. The van der Waals surface area contributed by atoms with Crippen LogP contribution in [0.25, 0.3) is 0 Å².